The summed E-state index contributed by atoms with van der Waals surface area (Å²) >= 11 is 0. The molecule has 0 rings (SSSR count). The number of carbonyl (C=O) groups excluding carboxylic acids is 1. The predicted molar refractivity (Wildman–Crippen MR) is 187 cm³/mol. The molecule has 0 saturated heterocycles. The molecule has 0 saturated carbocycles. The van der Waals surface area contributed by atoms with Gasteiger partial charge in [-0.15, -0.1) is 0 Å². The number of nitrogens with two attached hydrogens (primary N) is 2. The Balaban J connectivity index is 4.03. The number of nitrogens with one attached hydrogen (secondary N) is 1. The molecule has 0 aliphatic carbocycles. The van der Waals surface area contributed by atoms with Gasteiger partial charge in [-0.25, -0.2) is 0 Å². The van der Waals surface area contributed by atoms with E-state index in [1.165, 1.54) is 141 Å². The smallest absolute Gasteiger partial charge is 0.237 e. The second kappa shape index (κ2) is 35.8. The molecule has 2 unspecified atom stereocenters. The van der Waals surface area contributed by atoms with Gasteiger partial charge in [-0.3, -0.25) is 4.79 Å². The molecule has 0 bridgehead atoms. The maximum Gasteiger partial charge on any atom is 0.237 e. The summed E-state index contributed by atoms with van der Waals surface area (Å²) in [6.07, 6.45) is 34.4. The fraction of sp³-hybridized carbons (Fsp3) is 0.973. The van der Waals surface area contributed by atoms with Gasteiger partial charge in [0, 0.05) is 19.8 Å². The SMILES string of the molecule is CCCCCCCCCCCCCCOCC(CNC(=O)C(N)CCCCN)OCCCCCCCCCCCCCC. The van der Waals surface area contributed by atoms with E-state index in [1.807, 2.05) is 0 Å². The first-order valence-electron chi connectivity index (χ1n) is 19.1. The molecule has 0 aromatic carbocycles. The maximum atomic E-state index is 12.5. The molecular weight excluding hydrogens is 534 g/mol. The molecule has 5 N–H and O–H groups in total. The number of unbranched alkanes of at least 4 members (excludes halogenated alkanes) is 23. The number of carbonyl (C=O) groups is 1. The van der Waals surface area contributed by atoms with Crippen LogP contribution in [0.15, 0.2) is 0 Å². The second-order valence-corrected chi connectivity index (χ2v) is 13.0. The van der Waals surface area contributed by atoms with E-state index in [0.717, 1.165) is 38.9 Å². The molecule has 0 radical (unpaired) electrons. The van der Waals surface area contributed by atoms with Gasteiger partial charge in [0.25, 0.3) is 0 Å². The van der Waals surface area contributed by atoms with Gasteiger partial charge in [0.1, 0.15) is 0 Å². The lowest BCUT2D eigenvalue weighted by molar-refractivity contribution is -0.123. The highest BCUT2D eigenvalue weighted by molar-refractivity contribution is 5.81. The molecule has 0 spiro atoms. The first-order valence-corrected chi connectivity index (χ1v) is 19.1. The van der Waals surface area contributed by atoms with Crippen molar-refractivity contribution in [2.45, 2.75) is 199 Å². The molecule has 6 heteroatoms. The Morgan fingerprint density at radius 3 is 1.44 bits per heavy atom. The minimum absolute atomic E-state index is 0.100. The maximum absolute atomic E-state index is 12.5. The third-order valence-corrected chi connectivity index (χ3v) is 8.61. The highest BCUT2D eigenvalue weighted by atomic mass is 16.5. The van der Waals surface area contributed by atoms with E-state index >= 15 is 0 Å². The zero-order chi connectivity index (χ0) is 31.5. The van der Waals surface area contributed by atoms with Gasteiger partial charge in [0.05, 0.1) is 18.8 Å². The van der Waals surface area contributed by atoms with Crippen LogP contribution in [0.3, 0.4) is 0 Å². The molecule has 2 atom stereocenters. The fourth-order valence-electron chi connectivity index (χ4n) is 5.60. The molecule has 0 aromatic heterocycles. The number of ether oxygens (including phenoxy) is 2. The van der Waals surface area contributed by atoms with Gasteiger partial charge < -0.3 is 26.3 Å². The molecule has 1 amide bonds. The van der Waals surface area contributed by atoms with Crippen LogP contribution in [0.4, 0.5) is 0 Å². The summed E-state index contributed by atoms with van der Waals surface area (Å²) in [6.45, 7) is 7.67. The van der Waals surface area contributed by atoms with Gasteiger partial charge in [-0.2, -0.15) is 0 Å². The van der Waals surface area contributed by atoms with E-state index in [4.69, 9.17) is 20.9 Å². The van der Waals surface area contributed by atoms with E-state index in [1.54, 1.807) is 0 Å². The van der Waals surface area contributed by atoms with Crippen molar-refractivity contribution < 1.29 is 14.3 Å². The molecule has 0 aliphatic rings. The summed E-state index contributed by atoms with van der Waals surface area (Å²) in [7, 11) is 0. The third-order valence-electron chi connectivity index (χ3n) is 8.61. The Morgan fingerprint density at radius 1 is 0.581 bits per heavy atom. The standard InChI is InChI=1S/C37H77N3O3/c1-3-5-7-9-11-13-15-17-19-21-23-27-31-42-34-35(33-40-37(41)36(39)29-25-26-30-38)43-32-28-24-22-20-18-16-14-12-10-8-6-4-2/h35-36H,3-34,38-39H2,1-2H3,(H,40,41). The van der Waals surface area contributed by atoms with E-state index in [2.05, 4.69) is 19.2 Å². The number of rotatable bonds is 36. The lowest BCUT2D eigenvalue weighted by atomic mass is 10.1. The summed E-state index contributed by atoms with van der Waals surface area (Å²) in [5.41, 5.74) is 11.6. The summed E-state index contributed by atoms with van der Waals surface area (Å²) in [5, 5.41) is 3.01. The Morgan fingerprint density at radius 2 is 1.00 bits per heavy atom. The second-order valence-electron chi connectivity index (χ2n) is 13.0. The molecule has 0 heterocycles. The van der Waals surface area contributed by atoms with Gasteiger partial charge in [-0.05, 0) is 32.2 Å². The number of hydrogen-bond acceptors (Lipinski definition) is 5. The summed E-state index contributed by atoms with van der Waals surface area (Å²) in [5.74, 6) is -0.100. The lowest BCUT2D eigenvalue weighted by Crippen LogP contribution is -2.45. The molecular formula is C37H77N3O3. The summed E-state index contributed by atoms with van der Waals surface area (Å²) in [4.78, 5) is 12.5. The monoisotopic (exact) mass is 612 g/mol. The Kier molecular flexibility index (Phi) is 35.2. The molecule has 0 aromatic rings. The largest absolute Gasteiger partial charge is 0.379 e. The van der Waals surface area contributed by atoms with Crippen LogP contribution in [0, 0.1) is 0 Å². The van der Waals surface area contributed by atoms with Crippen LogP contribution in [0.2, 0.25) is 0 Å². The molecule has 0 fully saturated rings. The van der Waals surface area contributed by atoms with Crippen LogP contribution in [0.5, 0.6) is 0 Å². The number of hydrogen-bond donors (Lipinski definition) is 3. The van der Waals surface area contributed by atoms with Crippen LogP contribution in [-0.4, -0.2) is 51.0 Å². The minimum atomic E-state index is -0.481. The van der Waals surface area contributed by atoms with Crippen molar-refractivity contribution in [1.82, 2.24) is 5.32 Å². The van der Waals surface area contributed by atoms with Crippen molar-refractivity contribution >= 4 is 5.91 Å². The van der Waals surface area contributed by atoms with Crippen molar-refractivity contribution in [2.24, 2.45) is 11.5 Å². The summed E-state index contributed by atoms with van der Waals surface area (Å²) < 4.78 is 12.2. The minimum Gasteiger partial charge on any atom is -0.379 e. The predicted octanol–water partition coefficient (Wildman–Crippen LogP) is 9.36. The van der Waals surface area contributed by atoms with Crippen LogP contribution >= 0.6 is 0 Å². The summed E-state index contributed by atoms with van der Waals surface area (Å²) in [6, 6.07) is -0.481. The van der Waals surface area contributed by atoms with E-state index in [0.29, 0.717) is 26.1 Å². The highest BCUT2D eigenvalue weighted by Crippen LogP contribution is 2.13. The van der Waals surface area contributed by atoms with Gasteiger partial charge in [-0.1, -0.05) is 162 Å². The van der Waals surface area contributed by atoms with Crippen molar-refractivity contribution in [3.05, 3.63) is 0 Å². The van der Waals surface area contributed by atoms with Crippen LogP contribution in [0.1, 0.15) is 187 Å². The zero-order valence-electron chi connectivity index (χ0n) is 29.2. The van der Waals surface area contributed by atoms with Gasteiger partial charge in [0.15, 0.2) is 0 Å². The normalized spacial score (nSPS) is 12.9. The van der Waals surface area contributed by atoms with Crippen molar-refractivity contribution in [2.75, 3.05) is 32.9 Å². The fourth-order valence-corrected chi connectivity index (χ4v) is 5.60. The molecule has 6 nitrogen and oxygen atoms in total. The van der Waals surface area contributed by atoms with Crippen LogP contribution in [0.25, 0.3) is 0 Å². The molecule has 43 heavy (non-hydrogen) atoms. The first kappa shape index (κ1) is 42.3. The van der Waals surface area contributed by atoms with E-state index < -0.39 is 6.04 Å². The van der Waals surface area contributed by atoms with Crippen LogP contribution in [-0.2, 0) is 14.3 Å². The highest BCUT2D eigenvalue weighted by Gasteiger charge is 2.16. The lowest BCUT2D eigenvalue weighted by Gasteiger charge is -2.20. The molecule has 0 aliphatic heterocycles. The van der Waals surface area contributed by atoms with Gasteiger partial charge >= 0.3 is 0 Å². The zero-order valence-corrected chi connectivity index (χ0v) is 29.2. The van der Waals surface area contributed by atoms with E-state index in [9.17, 15) is 4.79 Å². The Bertz CT molecular complexity index is 549. The number of amides is 1. The van der Waals surface area contributed by atoms with E-state index in [-0.39, 0.29) is 12.0 Å². The Labute approximate surface area is 268 Å². The Hall–Kier alpha value is -0.690. The average Bonchev–Trinajstić information content (AvgIpc) is 3.01. The first-order chi connectivity index (χ1) is 21.2. The van der Waals surface area contributed by atoms with Crippen molar-refractivity contribution in [1.29, 1.82) is 0 Å². The topological polar surface area (TPSA) is 99.6 Å². The van der Waals surface area contributed by atoms with Crippen molar-refractivity contribution in [3.63, 3.8) is 0 Å². The third kappa shape index (κ3) is 32.5. The van der Waals surface area contributed by atoms with Gasteiger partial charge in [0.2, 0.25) is 5.91 Å². The quantitative estimate of drug-likeness (QED) is 0.0613. The van der Waals surface area contributed by atoms with Crippen molar-refractivity contribution in [3.8, 4) is 0 Å². The van der Waals surface area contributed by atoms with Crippen LogP contribution < -0.4 is 16.8 Å². The average molecular weight is 612 g/mol. The molecule has 258 valence electrons.